The minimum atomic E-state index is -0.876. The SMILES string of the molecule is C#CCCC(=O)N1C(C(=O)O)CC2CCCCC21. The van der Waals surface area contributed by atoms with Crippen molar-refractivity contribution in [2.45, 2.75) is 57.0 Å². The molecule has 1 saturated heterocycles. The van der Waals surface area contributed by atoms with Gasteiger partial charge in [-0.2, -0.15) is 0 Å². The van der Waals surface area contributed by atoms with Crippen LogP contribution in [-0.4, -0.2) is 34.0 Å². The Bertz CT molecular complexity index is 385. The molecule has 0 aromatic carbocycles. The number of aliphatic carboxylic acids is 1. The van der Waals surface area contributed by atoms with Gasteiger partial charge in [-0.15, -0.1) is 12.3 Å². The molecule has 0 radical (unpaired) electrons. The van der Waals surface area contributed by atoms with E-state index in [0.29, 0.717) is 18.8 Å². The maximum atomic E-state index is 12.1. The average Bonchev–Trinajstić information content (AvgIpc) is 2.75. The molecule has 2 rings (SSSR count). The van der Waals surface area contributed by atoms with Gasteiger partial charge in [0, 0.05) is 18.9 Å². The molecular weight excluding hydrogens is 230 g/mol. The van der Waals surface area contributed by atoms with Gasteiger partial charge in [0.2, 0.25) is 5.91 Å². The van der Waals surface area contributed by atoms with Crippen molar-refractivity contribution < 1.29 is 14.7 Å². The molecule has 1 aliphatic carbocycles. The summed E-state index contributed by atoms with van der Waals surface area (Å²) in [5.41, 5.74) is 0. The minimum Gasteiger partial charge on any atom is -0.480 e. The molecule has 4 heteroatoms. The van der Waals surface area contributed by atoms with Gasteiger partial charge >= 0.3 is 5.97 Å². The topological polar surface area (TPSA) is 57.6 Å². The van der Waals surface area contributed by atoms with Crippen LogP contribution in [0, 0.1) is 18.3 Å². The van der Waals surface area contributed by atoms with Crippen LogP contribution in [0.25, 0.3) is 0 Å². The summed E-state index contributed by atoms with van der Waals surface area (Å²) < 4.78 is 0. The first-order valence-corrected chi connectivity index (χ1v) is 6.62. The van der Waals surface area contributed by atoms with Crippen molar-refractivity contribution in [1.29, 1.82) is 0 Å². The molecule has 18 heavy (non-hydrogen) atoms. The number of amides is 1. The predicted molar refractivity (Wildman–Crippen MR) is 66.7 cm³/mol. The Balaban J connectivity index is 2.14. The summed E-state index contributed by atoms with van der Waals surface area (Å²) in [4.78, 5) is 25.1. The van der Waals surface area contributed by atoms with Crippen LogP contribution in [0.15, 0.2) is 0 Å². The number of fused-ring (bicyclic) bond motifs is 1. The van der Waals surface area contributed by atoms with Crippen LogP contribution in [0.4, 0.5) is 0 Å². The summed E-state index contributed by atoms with van der Waals surface area (Å²) in [6.07, 6.45) is 10.7. The highest BCUT2D eigenvalue weighted by Crippen LogP contribution is 2.40. The third-order valence-corrected chi connectivity index (χ3v) is 4.14. The molecular formula is C14H19NO3. The first kappa shape index (κ1) is 12.9. The fourth-order valence-corrected chi connectivity index (χ4v) is 3.35. The number of carbonyl (C=O) groups is 2. The van der Waals surface area contributed by atoms with E-state index in [0.717, 1.165) is 25.7 Å². The molecule has 3 unspecified atom stereocenters. The van der Waals surface area contributed by atoms with E-state index in [-0.39, 0.29) is 18.4 Å². The second kappa shape index (κ2) is 5.43. The molecule has 1 amide bonds. The highest BCUT2D eigenvalue weighted by atomic mass is 16.4. The molecule has 0 bridgehead atoms. The van der Waals surface area contributed by atoms with Crippen LogP contribution < -0.4 is 0 Å². The molecule has 0 spiro atoms. The van der Waals surface area contributed by atoms with Gasteiger partial charge in [0.1, 0.15) is 6.04 Å². The molecule has 98 valence electrons. The predicted octanol–water partition coefficient (Wildman–Crippen LogP) is 1.64. The lowest BCUT2D eigenvalue weighted by molar-refractivity contribution is -0.149. The van der Waals surface area contributed by atoms with E-state index < -0.39 is 12.0 Å². The van der Waals surface area contributed by atoms with Crippen LogP contribution in [0.3, 0.4) is 0 Å². The van der Waals surface area contributed by atoms with E-state index in [9.17, 15) is 14.7 Å². The number of likely N-dealkylation sites (tertiary alicyclic amines) is 1. The zero-order valence-electron chi connectivity index (χ0n) is 10.5. The number of hydrogen-bond acceptors (Lipinski definition) is 2. The first-order chi connectivity index (χ1) is 8.65. The maximum Gasteiger partial charge on any atom is 0.326 e. The largest absolute Gasteiger partial charge is 0.480 e. The summed E-state index contributed by atoms with van der Waals surface area (Å²) in [5, 5.41) is 9.27. The van der Waals surface area contributed by atoms with Crippen molar-refractivity contribution in [3.63, 3.8) is 0 Å². The van der Waals surface area contributed by atoms with Crippen LogP contribution in [0.1, 0.15) is 44.9 Å². The van der Waals surface area contributed by atoms with Gasteiger partial charge in [0.25, 0.3) is 0 Å². The third kappa shape index (κ3) is 2.35. The van der Waals surface area contributed by atoms with Crippen molar-refractivity contribution in [3.05, 3.63) is 0 Å². The van der Waals surface area contributed by atoms with Gasteiger partial charge in [-0.05, 0) is 25.2 Å². The quantitative estimate of drug-likeness (QED) is 0.774. The minimum absolute atomic E-state index is 0.0882. The highest BCUT2D eigenvalue weighted by molar-refractivity contribution is 5.85. The van der Waals surface area contributed by atoms with Crippen molar-refractivity contribution in [3.8, 4) is 12.3 Å². The Labute approximate surface area is 107 Å². The van der Waals surface area contributed by atoms with Crippen molar-refractivity contribution >= 4 is 11.9 Å². The number of nitrogens with zero attached hydrogens (tertiary/aromatic N) is 1. The summed E-state index contributed by atoms with van der Waals surface area (Å²) >= 11 is 0. The van der Waals surface area contributed by atoms with E-state index in [2.05, 4.69) is 5.92 Å². The highest BCUT2D eigenvalue weighted by Gasteiger charge is 2.47. The van der Waals surface area contributed by atoms with Gasteiger partial charge < -0.3 is 10.0 Å². The molecule has 1 aliphatic heterocycles. The number of hydrogen-bond donors (Lipinski definition) is 1. The monoisotopic (exact) mass is 249 g/mol. The zero-order chi connectivity index (χ0) is 13.1. The lowest BCUT2D eigenvalue weighted by atomic mass is 9.84. The van der Waals surface area contributed by atoms with Gasteiger partial charge in [-0.3, -0.25) is 4.79 Å². The van der Waals surface area contributed by atoms with Gasteiger partial charge in [0.05, 0.1) is 0 Å². The lowest BCUT2D eigenvalue weighted by Gasteiger charge is -2.33. The van der Waals surface area contributed by atoms with Crippen molar-refractivity contribution in [2.24, 2.45) is 5.92 Å². The number of rotatable bonds is 3. The molecule has 4 nitrogen and oxygen atoms in total. The lowest BCUT2D eigenvalue weighted by Crippen LogP contribution is -2.46. The van der Waals surface area contributed by atoms with Crippen molar-refractivity contribution in [2.75, 3.05) is 0 Å². The van der Waals surface area contributed by atoms with Gasteiger partial charge in [-0.1, -0.05) is 12.8 Å². The second-order valence-electron chi connectivity index (χ2n) is 5.21. The fraction of sp³-hybridized carbons (Fsp3) is 0.714. The van der Waals surface area contributed by atoms with E-state index >= 15 is 0 Å². The second-order valence-corrected chi connectivity index (χ2v) is 5.21. The summed E-state index contributed by atoms with van der Waals surface area (Å²) in [7, 11) is 0. The number of carboxylic acids is 1. The Hall–Kier alpha value is -1.50. The van der Waals surface area contributed by atoms with E-state index in [1.807, 2.05) is 0 Å². The molecule has 1 N–H and O–H groups in total. The van der Waals surface area contributed by atoms with Crippen LogP contribution >= 0.6 is 0 Å². The van der Waals surface area contributed by atoms with E-state index in [1.165, 1.54) is 0 Å². The van der Waals surface area contributed by atoms with Gasteiger partial charge in [-0.25, -0.2) is 4.79 Å². The summed E-state index contributed by atoms with van der Waals surface area (Å²) in [6, 6.07) is -0.506. The van der Waals surface area contributed by atoms with Crippen LogP contribution in [0.2, 0.25) is 0 Å². The van der Waals surface area contributed by atoms with Crippen molar-refractivity contribution in [1.82, 2.24) is 4.90 Å². The Morgan fingerprint density at radius 2 is 2.06 bits per heavy atom. The van der Waals surface area contributed by atoms with Gasteiger partial charge in [0.15, 0.2) is 0 Å². The average molecular weight is 249 g/mol. The molecule has 1 heterocycles. The van der Waals surface area contributed by atoms with Crippen LogP contribution in [0.5, 0.6) is 0 Å². The summed E-state index contributed by atoms with van der Waals surface area (Å²) in [5.74, 6) is 1.85. The first-order valence-electron chi connectivity index (χ1n) is 6.62. The zero-order valence-corrected chi connectivity index (χ0v) is 10.5. The molecule has 0 aromatic heterocycles. The Kier molecular flexibility index (Phi) is 3.90. The van der Waals surface area contributed by atoms with E-state index in [4.69, 9.17) is 6.42 Å². The number of terminal acetylenes is 1. The number of carbonyl (C=O) groups excluding carboxylic acids is 1. The standard InChI is InChI=1S/C14H19NO3/c1-2-3-8-13(16)15-11-7-5-4-6-10(11)9-12(15)14(17)18/h1,10-12H,3-9H2,(H,17,18). The Morgan fingerprint density at radius 1 is 1.33 bits per heavy atom. The molecule has 2 fully saturated rings. The number of carboxylic acid groups (broad SMARTS) is 1. The Morgan fingerprint density at radius 3 is 2.72 bits per heavy atom. The fourth-order valence-electron chi connectivity index (χ4n) is 3.35. The molecule has 3 atom stereocenters. The smallest absolute Gasteiger partial charge is 0.326 e. The van der Waals surface area contributed by atoms with E-state index in [1.54, 1.807) is 4.90 Å². The maximum absolute atomic E-state index is 12.1. The molecule has 1 saturated carbocycles. The molecule has 0 aromatic rings. The molecule has 2 aliphatic rings. The normalized spacial score (nSPS) is 30.6. The summed E-state index contributed by atoms with van der Waals surface area (Å²) in [6.45, 7) is 0. The third-order valence-electron chi connectivity index (χ3n) is 4.14. The van der Waals surface area contributed by atoms with Crippen LogP contribution in [-0.2, 0) is 9.59 Å².